The van der Waals surface area contributed by atoms with E-state index in [1.165, 1.54) is 12.1 Å². The van der Waals surface area contributed by atoms with Crippen molar-refractivity contribution in [3.63, 3.8) is 0 Å². The molecule has 0 aliphatic carbocycles. The van der Waals surface area contributed by atoms with Crippen LogP contribution >= 0.6 is 11.6 Å². The molecule has 1 saturated heterocycles. The molecule has 1 aliphatic rings. The van der Waals surface area contributed by atoms with Crippen LogP contribution in [0.1, 0.15) is 19.1 Å². The van der Waals surface area contributed by atoms with Crippen LogP contribution in [-0.4, -0.2) is 33.6 Å². The fraction of sp³-hybridized carbons (Fsp3) is 0.278. The minimum absolute atomic E-state index is 0.00892. The first kappa shape index (κ1) is 17.5. The summed E-state index contributed by atoms with van der Waals surface area (Å²) in [4.78, 5) is 12.0. The van der Waals surface area contributed by atoms with Crippen molar-refractivity contribution in [3.05, 3.63) is 51.6 Å². The Hall–Kier alpha value is -2.28. The third-order valence-electron chi connectivity index (χ3n) is 3.98. The van der Waals surface area contributed by atoms with Gasteiger partial charge in [-0.05, 0) is 19.1 Å². The molecule has 1 aliphatic heterocycles. The molecular weight excluding hydrogens is 348 g/mol. The second-order valence-electron chi connectivity index (χ2n) is 5.91. The summed E-state index contributed by atoms with van der Waals surface area (Å²) in [7, 11) is 0. The van der Waals surface area contributed by atoms with Gasteiger partial charge in [0.1, 0.15) is 28.7 Å². The van der Waals surface area contributed by atoms with Gasteiger partial charge in [0.05, 0.1) is 17.2 Å². The predicted octanol–water partition coefficient (Wildman–Crippen LogP) is 2.97. The number of aromatic hydroxyl groups is 2. The van der Waals surface area contributed by atoms with Crippen LogP contribution in [0.5, 0.6) is 11.5 Å². The van der Waals surface area contributed by atoms with Gasteiger partial charge in [0.15, 0.2) is 0 Å². The molecular formula is C18H17ClO6. The number of phenolic OH excluding ortho intramolecular Hbond substituents is 2. The molecule has 0 bridgehead atoms. The van der Waals surface area contributed by atoms with E-state index >= 15 is 0 Å². The number of fused-ring (bicyclic) bond motifs is 1. The van der Waals surface area contributed by atoms with Crippen LogP contribution in [-0.2, 0) is 4.74 Å². The highest BCUT2D eigenvalue weighted by molar-refractivity contribution is 6.37. The smallest absolute Gasteiger partial charge is 0.347 e. The van der Waals surface area contributed by atoms with E-state index in [2.05, 4.69) is 0 Å². The number of hydrogen-bond acceptors (Lipinski definition) is 6. The van der Waals surface area contributed by atoms with Crippen LogP contribution in [0.4, 0.5) is 0 Å². The van der Waals surface area contributed by atoms with Gasteiger partial charge < -0.3 is 24.5 Å². The highest BCUT2D eigenvalue weighted by Crippen LogP contribution is 2.36. The van der Waals surface area contributed by atoms with Crippen molar-refractivity contribution in [1.29, 1.82) is 0 Å². The summed E-state index contributed by atoms with van der Waals surface area (Å²) >= 11 is 5.99. The van der Waals surface area contributed by atoms with Gasteiger partial charge in [-0.15, -0.1) is 0 Å². The molecule has 3 N–H and O–H groups in total. The van der Waals surface area contributed by atoms with Gasteiger partial charge in [-0.25, -0.2) is 4.79 Å². The standard InChI is InChI=1S/C18H17ClO6/c1-9-6-12(20)15(24-9)5-3-2-4-10-7-11-16(18(23)25-10)13(21)8-14(22)17(11)19/h2-5,7-9,12,15,20-22H,6H2,1H3/t9-,12-,15+/m0/s1. The van der Waals surface area contributed by atoms with E-state index in [1.54, 1.807) is 18.2 Å². The van der Waals surface area contributed by atoms with Crippen molar-refractivity contribution >= 4 is 28.4 Å². The fourth-order valence-corrected chi connectivity index (χ4v) is 3.00. The molecule has 6 nitrogen and oxygen atoms in total. The monoisotopic (exact) mass is 364 g/mol. The molecule has 0 radical (unpaired) electrons. The van der Waals surface area contributed by atoms with E-state index in [1.807, 2.05) is 6.92 Å². The van der Waals surface area contributed by atoms with Crippen molar-refractivity contribution in [2.75, 3.05) is 0 Å². The fourth-order valence-electron chi connectivity index (χ4n) is 2.80. The number of halogens is 1. The zero-order valence-corrected chi connectivity index (χ0v) is 14.1. The molecule has 3 rings (SSSR count). The lowest BCUT2D eigenvalue weighted by Gasteiger charge is -2.07. The lowest BCUT2D eigenvalue weighted by molar-refractivity contribution is 0.0469. The summed E-state index contributed by atoms with van der Waals surface area (Å²) in [5.74, 6) is -0.522. The average Bonchev–Trinajstić information content (AvgIpc) is 2.86. The third kappa shape index (κ3) is 3.56. The van der Waals surface area contributed by atoms with Gasteiger partial charge in [-0.1, -0.05) is 29.8 Å². The highest BCUT2D eigenvalue weighted by atomic mass is 35.5. The quantitative estimate of drug-likeness (QED) is 0.724. The van der Waals surface area contributed by atoms with Crippen molar-refractivity contribution < 1.29 is 24.5 Å². The SMILES string of the molecule is C[C@H]1C[C@H](O)[C@@H](C=CC=Cc2cc3c(Cl)c(O)cc(O)c3c(=O)o2)O1. The van der Waals surface area contributed by atoms with E-state index in [9.17, 15) is 20.1 Å². The number of aliphatic hydroxyl groups is 1. The minimum Gasteiger partial charge on any atom is -0.507 e. The number of rotatable bonds is 3. The molecule has 132 valence electrons. The molecule has 7 heteroatoms. The van der Waals surface area contributed by atoms with Crippen LogP contribution in [0.25, 0.3) is 16.8 Å². The van der Waals surface area contributed by atoms with Crippen molar-refractivity contribution in [3.8, 4) is 11.5 Å². The Morgan fingerprint density at radius 1 is 1.24 bits per heavy atom. The number of phenols is 2. The third-order valence-corrected chi connectivity index (χ3v) is 4.37. The first-order valence-electron chi connectivity index (χ1n) is 7.73. The maximum Gasteiger partial charge on any atom is 0.347 e. The minimum atomic E-state index is -0.760. The van der Waals surface area contributed by atoms with E-state index in [0.29, 0.717) is 6.42 Å². The van der Waals surface area contributed by atoms with Crippen LogP contribution in [0, 0.1) is 0 Å². The number of allylic oxidation sites excluding steroid dienone is 2. The molecule has 0 amide bonds. The Morgan fingerprint density at radius 2 is 2.00 bits per heavy atom. The zero-order chi connectivity index (χ0) is 18.1. The van der Waals surface area contributed by atoms with Crippen molar-refractivity contribution in [1.82, 2.24) is 0 Å². The summed E-state index contributed by atoms with van der Waals surface area (Å²) in [6.07, 6.45) is 6.24. The Balaban J connectivity index is 1.87. The Morgan fingerprint density at radius 3 is 2.68 bits per heavy atom. The molecule has 3 atom stereocenters. The van der Waals surface area contributed by atoms with E-state index < -0.39 is 17.5 Å². The van der Waals surface area contributed by atoms with Crippen LogP contribution in [0.2, 0.25) is 5.02 Å². The predicted molar refractivity (Wildman–Crippen MR) is 94.0 cm³/mol. The maximum absolute atomic E-state index is 12.0. The molecule has 1 fully saturated rings. The first-order valence-corrected chi connectivity index (χ1v) is 8.11. The van der Waals surface area contributed by atoms with Gasteiger partial charge >= 0.3 is 5.63 Å². The van der Waals surface area contributed by atoms with Crippen LogP contribution in [0.3, 0.4) is 0 Å². The highest BCUT2D eigenvalue weighted by Gasteiger charge is 2.28. The molecule has 0 unspecified atom stereocenters. The molecule has 0 saturated carbocycles. The second kappa shape index (κ2) is 6.92. The Labute approximate surface area is 148 Å². The Bertz CT molecular complexity index is 914. The lowest BCUT2D eigenvalue weighted by Crippen LogP contribution is -2.17. The largest absolute Gasteiger partial charge is 0.507 e. The molecule has 1 aromatic heterocycles. The van der Waals surface area contributed by atoms with Gasteiger partial charge in [0, 0.05) is 17.9 Å². The van der Waals surface area contributed by atoms with Crippen molar-refractivity contribution in [2.24, 2.45) is 0 Å². The molecule has 25 heavy (non-hydrogen) atoms. The molecule has 0 spiro atoms. The number of benzene rings is 1. The van der Waals surface area contributed by atoms with E-state index in [0.717, 1.165) is 6.07 Å². The second-order valence-corrected chi connectivity index (χ2v) is 6.29. The van der Waals surface area contributed by atoms with Crippen LogP contribution in [0.15, 0.2) is 39.6 Å². The number of hydrogen-bond donors (Lipinski definition) is 3. The average molecular weight is 365 g/mol. The number of aliphatic hydroxyl groups excluding tert-OH is 1. The summed E-state index contributed by atoms with van der Waals surface area (Å²) in [5, 5.41) is 29.3. The summed E-state index contributed by atoms with van der Waals surface area (Å²) in [6.45, 7) is 1.89. The maximum atomic E-state index is 12.0. The van der Waals surface area contributed by atoms with Gasteiger partial charge in [0.25, 0.3) is 0 Å². The Kier molecular flexibility index (Phi) is 4.85. The van der Waals surface area contributed by atoms with Crippen molar-refractivity contribution in [2.45, 2.75) is 31.7 Å². The van der Waals surface area contributed by atoms with Gasteiger partial charge in [0.2, 0.25) is 0 Å². The normalized spacial score (nSPS) is 24.0. The van der Waals surface area contributed by atoms with E-state index in [4.69, 9.17) is 20.8 Å². The first-order chi connectivity index (χ1) is 11.9. The summed E-state index contributed by atoms with van der Waals surface area (Å²) in [5.41, 5.74) is -0.760. The molecule has 2 aromatic rings. The van der Waals surface area contributed by atoms with Gasteiger partial charge in [-0.3, -0.25) is 0 Å². The van der Waals surface area contributed by atoms with Gasteiger partial charge in [-0.2, -0.15) is 0 Å². The number of ether oxygens (including phenoxy) is 1. The molecule has 1 aromatic carbocycles. The molecule has 2 heterocycles. The lowest BCUT2D eigenvalue weighted by atomic mass is 10.1. The van der Waals surface area contributed by atoms with Crippen LogP contribution < -0.4 is 5.63 Å². The van der Waals surface area contributed by atoms with E-state index in [-0.39, 0.29) is 39.5 Å². The topological polar surface area (TPSA) is 100 Å². The summed E-state index contributed by atoms with van der Waals surface area (Å²) in [6, 6.07) is 2.44. The summed E-state index contributed by atoms with van der Waals surface area (Å²) < 4.78 is 10.6. The zero-order valence-electron chi connectivity index (χ0n) is 13.3.